The topological polar surface area (TPSA) is 59.2 Å². The molecule has 0 spiro atoms. The fourth-order valence-corrected chi connectivity index (χ4v) is 3.55. The molecule has 1 aromatic heterocycles. The number of H-pyrrole nitrogens is 1. The highest BCUT2D eigenvalue weighted by Gasteiger charge is 2.32. The first-order chi connectivity index (χ1) is 12.0. The van der Waals surface area contributed by atoms with Crippen LogP contribution < -0.4 is 0 Å². The molecule has 0 fully saturated rings. The second kappa shape index (κ2) is 7.44. The number of aromatic amines is 1. The average molecular weight is 361 g/mol. The van der Waals surface area contributed by atoms with Gasteiger partial charge in [0.1, 0.15) is 18.1 Å². The van der Waals surface area contributed by atoms with Crippen LogP contribution in [0.2, 0.25) is 0 Å². The van der Waals surface area contributed by atoms with Crippen LogP contribution in [-0.2, 0) is 11.2 Å². The Balaban J connectivity index is 1.84. The second-order valence-corrected chi connectivity index (χ2v) is 7.17. The van der Waals surface area contributed by atoms with Gasteiger partial charge in [0.25, 0.3) is 0 Å². The number of rotatable bonds is 5. The van der Waals surface area contributed by atoms with Gasteiger partial charge in [-0.1, -0.05) is 12.1 Å². The predicted molar refractivity (Wildman–Crippen MR) is 96.0 cm³/mol. The Labute approximate surface area is 150 Å². The molecule has 1 heterocycles. The summed E-state index contributed by atoms with van der Waals surface area (Å²) in [4.78, 5) is 27.9. The molecule has 25 heavy (non-hydrogen) atoms. The zero-order valence-corrected chi connectivity index (χ0v) is 15.0. The van der Waals surface area contributed by atoms with Crippen molar-refractivity contribution in [2.45, 2.75) is 25.7 Å². The summed E-state index contributed by atoms with van der Waals surface area (Å²) in [5, 5.41) is 0. The molecule has 0 saturated carbocycles. The highest BCUT2D eigenvalue weighted by atomic mass is 32.2. The fourth-order valence-electron chi connectivity index (χ4n) is 3.30. The van der Waals surface area contributed by atoms with E-state index < -0.39 is 5.97 Å². The fraction of sp³-hybridized carbons (Fsp3) is 0.368. The smallest absolute Gasteiger partial charge is 0.355 e. The maximum atomic E-state index is 13.1. The van der Waals surface area contributed by atoms with Crippen LogP contribution in [0.4, 0.5) is 4.39 Å². The van der Waals surface area contributed by atoms with Crippen molar-refractivity contribution in [2.24, 2.45) is 0 Å². The number of esters is 1. The predicted octanol–water partition coefficient (Wildman–Crippen LogP) is 3.89. The molecule has 0 radical (unpaired) electrons. The zero-order chi connectivity index (χ0) is 18.0. The SMILES string of the molecule is CSCCOC(=O)c1[nH]c2c(c1C)C(=O)C[C@@H](c1ccc(F)cc1)C2. The third kappa shape index (κ3) is 3.63. The van der Waals surface area contributed by atoms with Crippen molar-refractivity contribution in [1.29, 1.82) is 0 Å². The van der Waals surface area contributed by atoms with Crippen LogP contribution in [0.5, 0.6) is 0 Å². The van der Waals surface area contributed by atoms with Crippen LogP contribution in [0.15, 0.2) is 24.3 Å². The Hall–Kier alpha value is -2.08. The average Bonchev–Trinajstić information content (AvgIpc) is 2.93. The monoisotopic (exact) mass is 361 g/mol. The zero-order valence-electron chi connectivity index (χ0n) is 14.2. The lowest BCUT2D eigenvalue weighted by Crippen LogP contribution is -2.18. The number of halogens is 1. The van der Waals surface area contributed by atoms with E-state index in [4.69, 9.17) is 4.74 Å². The van der Waals surface area contributed by atoms with Gasteiger partial charge >= 0.3 is 5.97 Å². The van der Waals surface area contributed by atoms with Crippen LogP contribution in [0.25, 0.3) is 0 Å². The minimum atomic E-state index is -0.424. The maximum absolute atomic E-state index is 13.1. The highest BCUT2D eigenvalue weighted by molar-refractivity contribution is 7.98. The number of carbonyl (C=O) groups excluding carboxylic acids is 2. The standard InChI is InChI=1S/C19H20FNO3S/c1-11-17-15(21-18(11)19(23)24-7-8-25-2)9-13(10-16(17)22)12-3-5-14(20)6-4-12/h3-6,13,21H,7-10H2,1-2H3/t13-/m0/s1. The molecule has 1 aliphatic rings. The van der Waals surface area contributed by atoms with E-state index in [0.29, 0.717) is 36.3 Å². The van der Waals surface area contributed by atoms with Crippen LogP contribution in [0.3, 0.4) is 0 Å². The molecule has 0 unspecified atom stereocenters. The summed E-state index contributed by atoms with van der Waals surface area (Å²) in [5.74, 6) is 0.00713. The molecule has 1 atom stereocenters. The number of carbonyl (C=O) groups is 2. The quantitative estimate of drug-likeness (QED) is 0.648. The molecular formula is C19H20FNO3S. The lowest BCUT2D eigenvalue weighted by atomic mass is 9.81. The number of benzene rings is 1. The molecule has 4 nitrogen and oxygen atoms in total. The number of thioether (sulfide) groups is 1. The number of aromatic nitrogens is 1. The number of Topliss-reactive ketones (excluding diaryl/α,β-unsaturated/α-hetero) is 1. The Morgan fingerprint density at radius 2 is 2.04 bits per heavy atom. The lowest BCUT2D eigenvalue weighted by Gasteiger charge is -2.22. The van der Waals surface area contributed by atoms with Crippen molar-refractivity contribution in [1.82, 2.24) is 4.98 Å². The van der Waals surface area contributed by atoms with E-state index in [9.17, 15) is 14.0 Å². The van der Waals surface area contributed by atoms with E-state index in [2.05, 4.69) is 4.98 Å². The van der Waals surface area contributed by atoms with E-state index in [1.165, 1.54) is 12.1 Å². The summed E-state index contributed by atoms with van der Waals surface area (Å²) in [6.07, 6.45) is 2.92. The van der Waals surface area contributed by atoms with Crippen LogP contribution >= 0.6 is 11.8 Å². The second-order valence-electron chi connectivity index (χ2n) is 6.19. The molecular weight excluding hydrogens is 341 g/mol. The Kier molecular flexibility index (Phi) is 5.27. The van der Waals surface area contributed by atoms with Gasteiger partial charge in [0.05, 0.1) is 0 Å². The van der Waals surface area contributed by atoms with Crippen molar-refractivity contribution in [3.63, 3.8) is 0 Å². The molecule has 0 bridgehead atoms. The van der Waals surface area contributed by atoms with E-state index in [-0.39, 0.29) is 17.5 Å². The van der Waals surface area contributed by atoms with Gasteiger partial charge in [-0.3, -0.25) is 4.79 Å². The number of ketones is 1. The summed E-state index contributed by atoms with van der Waals surface area (Å²) < 4.78 is 18.4. The van der Waals surface area contributed by atoms with Crippen molar-refractivity contribution >= 4 is 23.5 Å². The minimum absolute atomic E-state index is 0.00693. The van der Waals surface area contributed by atoms with Crippen LogP contribution in [-0.4, -0.2) is 35.4 Å². The summed E-state index contributed by atoms with van der Waals surface area (Å²) in [7, 11) is 0. The first kappa shape index (κ1) is 17.7. The Bertz CT molecular complexity index is 798. The molecule has 0 saturated heterocycles. The summed E-state index contributed by atoms with van der Waals surface area (Å²) in [6, 6.07) is 6.24. The largest absolute Gasteiger partial charge is 0.460 e. The molecule has 0 amide bonds. The normalized spacial score (nSPS) is 16.6. The number of hydrogen-bond acceptors (Lipinski definition) is 4. The summed E-state index contributed by atoms with van der Waals surface area (Å²) in [5.41, 5.74) is 3.32. The van der Waals surface area contributed by atoms with E-state index in [1.807, 2.05) is 6.26 Å². The van der Waals surface area contributed by atoms with Crippen molar-refractivity contribution in [3.05, 3.63) is 58.2 Å². The summed E-state index contributed by atoms with van der Waals surface area (Å²) in [6.45, 7) is 2.12. The highest BCUT2D eigenvalue weighted by Crippen LogP contribution is 2.35. The number of ether oxygens (including phenoxy) is 1. The van der Waals surface area contributed by atoms with Gasteiger partial charge in [0.2, 0.25) is 0 Å². The molecule has 2 aromatic rings. The van der Waals surface area contributed by atoms with Gasteiger partial charge in [-0.25, -0.2) is 9.18 Å². The maximum Gasteiger partial charge on any atom is 0.355 e. The third-order valence-corrected chi connectivity index (χ3v) is 5.13. The first-order valence-corrected chi connectivity index (χ1v) is 9.56. The Morgan fingerprint density at radius 1 is 1.32 bits per heavy atom. The van der Waals surface area contributed by atoms with Crippen molar-refractivity contribution in [3.8, 4) is 0 Å². The van der Waals surface area contributed by atoms with Gasteiger partial charge in [-0.15, -0.1) is 0 Å². The number of nitrogens with one attached hydrogen (secondary N) is 1. The number of hydrogen-bond donors (Lipinski definition) is 1. The van der Waals surface area contributed by atoms with Crippen LogP contribution in [0.1, 0.15) is 50.0 Å². The van der Waals surface area contributed by atoms with E-state index in [1.54, 1.807) is 30.8 Å². The molecule has 1 aromatic carbocycles. The first-order valence-electron chi connectivity index (χ1n) is 8.17. The molecule has 6 heteroatoms. The van der Waals surface area contributed by atoms with Gasteiger partial charge < -0.3 is 9.72 Å². The third-order valence-electron chi connectivity index (χ3n) is 4.55. The molecule has 3 rings (SSSR count). The van der Waals surface area contributed by atoms with E-state index >= 15 is 0 Å². The van der Waals surface area contributed by atoms with Gasteiger partial charge in [-0.05, 0) is 48.8 Å². The van der Waals surface area contributed by atoms with Crippen molar-refractivity contribution in [2.75, 3.05) is 18.6 Å². The van der Waals surface area contributed by atoms with Crippen LogP contribution in [0, 0.1) is 12.7 Å². The minimum Gasteiger partial charge on any atom is -0.460 e. The number of fused-ring (bicyclic) bond motifs is 1. The molecule has 1 N–H and O–H groups in total. The van der Waals surface area contributed by atoms with E-state index in [0.717, 1.165) is 17.0 Å². The van der Waals surface area contributed by atoms with Crippen molar-refractivity contribution < 1.29 is 18.7 Å². The molecule has 0 aliphatic heterocycles. The lowest BCUT2D eigenvalue weighted by molar-refractivity contribution is 0.0523. The van der Waals surface area contributed by atoms with Gasteiger partial charge in [0, 0.05) is 23.4 Å². The molecule has 1 aliphatic carbocycles. The van der Waals surface area contributed by atoms with Gasteiger partial charge in [0.15, 0.2) is 5.78 Å². The summed E-state index contributed by atoms with van der Waals surface area (Å²) >= 11 is 1.60. The van der Waals surface area contributed by atoms with Gasteiger partial charge in [-0.2, -0.15) is 11.8 Å². The molecule has 132 valence electrons. The Morgan fingerprint density at radius 3 is 2.72 bits per heavy atom.